The molecule has 3 rings (SSSR count). The number of hydrogen-bond acceptors (Lipinski definition) is 2. The monoisotopic (exact) mass is 224 g/mol. The molecule has 2 heteroatoms. The normalized spacial score (nSPS) is 23.8. The van der Waals surface area contributed by atoms with Crippen LogP contribution in [0.1, 0.15) is 29.6 Å². The first-order valence-corrected chi connectivity index (χ1v) is 6.04. The molecule has 2 atom stereocenters. The van der Waals surface area contributed by atoms with Crippen LogP contribution in [0.15, 0.2) is 60.7 Å². The average molecular weight is 224 g/mol. The van der Waals surface area contributed by atoms with Crippen molar-refractivity contribution >= 4 is 0 Å². The standard InChI is InChI=1S/C15H16N2/c1-3-7-12(8-4-1)14-11-15(17-16-14)13-9-5-2-6-10-13/h1-10,14-17H,11H2. The van der Waals surface area contributed by atoms with E-state index in [-0.39, 0.29) is 0 Å². The Bertz CT molecular complexity index is 421. The Morgan fingerprint density at radius 2 is 1.06 bits per heavy atom. The van der Waals surface area contributed by atoms with Gasteiger partial charge in [0, 0.05) is 12.1 Å². The van der Waals surface area contributed by atoms with Gasteiger partial charge < -0.3 is 0 Å². The van der Waals surface area contributed by atoms with Crippen molar-refractivity contribution in [1.29, 1.82) is 0 Å². The summed E-state index contributed by atoms with van der Waals surface area (Å²) < 4.78 is 0. The van der Waals surface area contributed by atoms with Crippen molar-refractivity contribution in [1.82, 2.24) is 10.9 Å². The van der Waals surface area contributed by atoms with Crippen LogP contribution in [0.4, 0.5) is 0 Å². The van der Waals surface area contributed by atoms with Gasteiger partial charge in [0.15, 0.2) is 0 Å². The Labute approximate surface area is 102 Å². The first kappa shape index (κ1) is 10.5. The molecule has 1 saturated heterocycles. The van der Waals surface area contributed by atoms with Crippen molar-refractivity contribution in [3.8, 4) is 0 Å². The fraction of sp³-hybridized carbons (Fsp3) is 0.200. The molecule has 0 radical (unpaired) electrons. The quantitative estimate of drug-likeness (QED) is 0.819. The lowest BCUT2D eigenvalue weighted by atomic mass is 9.98. The number of hydrogen-bond donors (Lipinski definition) is 2. The summed E-state index contributed by atoms with van der Waals surface area (Å²) in [6.45, 7) is 0. The van der Waals surface area contributed by atoms with Crippen LogP contribution >= 0.6 is 0 Å². The summed E-state index contributed by atoms with van der Waals surface area (Å²) in [7, 11) is 0. The molecule has 0 spiro atoms. The lowest BCUT2D eigenvalue weighted by Crippen LogP contribution is -2.26. The van der Waals surface area contributed by atoms with Gasteiger partial charge in [-0.1, -0.05) is 60.7 Å². The number of benzene rings is 2. The van der Waals surface area contributed by atoms with Crippen LogP contribution in [0.5, 0.6) is 0 Å². The zero-order valence-electron chi connectivity index (χ0n) is 9.64. The molecular formula is C15H16N2. The molecule has 0 bridgehead atoms. The van der Waals surface area contributed by atoms with Gasteiger partial charge in [0.2, 0.25) is 0 Å². The number of rotatable bonds is 2. The Morgan fingerprint density at radius 3 is 1.47 bits per heavy atom. The first-order valence-electron chi connectivity index (χ1n) is 6.04. The van der Waals surface area contributed by atoms with Gasteiger partial charge in [-0.2, -0.15) is 0 Å². The smallest absolute Gasteiger partial charge is 0.0481 e. The number of hydrazine groups is 1. The third kappa shape index (κ3) is 2.23. The van der Waals surface area contributed by atoms with Crippen molar-refractivity contribution in [3.63, 3.8) is 0 Å². The Morgan fingerprint density at radius 1 is 0.647 bits per heavy atom. The van der Waals surface area contributed by atoms with Crippen LogP contribution in [0, 0.1) is 0 Å². The minimum Gasteiger partial charge on any atom is -0.250 e. The highest BCUT2D eigenvalue weighted by molar-refractivity contribution is 5.24. The Hall–Kier alpha value is -1.64. The molecule has 0 aliphatic carbocycles. The molecule has 2 unspecified atom stereocenters. The van der Waals surface area contributed by atoms with Crippen molar-refractivity contribution < 1.29 is 0 Å². The minimum atomic E-state index is 0.404. The van der Waals surface area contributed by atoms with E-state index in [0.29, 0.717) is 12.1 Å². The second kappa shape index (κ2) is 4.70. The van der Waals surface area contributed by atoms with E-state index >= 15 is 0 Å². The van der Waals surface area contributed by atoms with Crippen LogP contribution < -0.4 is 10.9 Å². The van der Waals surface area contributed by atoms with Crippen LogP contribution in [-0.4, -0.2) is 0 Å². The van der Waals surface area contributed by atoms with Crippen LogP contribution in [-0.2, 0) is 0 Å². The highest BCUT2D eigenvalue weighted by Crippen LogP contribution is 2.30. The summed E-state index contributed by atoms with van der Waals surface area (Å²) >= 11 is 0. The van der Waals surface area contributed by atoms with E-state index in [1.54, 1.807) is 0 Å². The molecule has 17 heavy (non-hydrogen) atoms. The summed E-state index contributed by atoms with van der Waals surface area (Å²) in [5, 5.41) is 0. The Balaban J connectivity index is 1.75. The maximum absolute atomic E-state index is 3.37. The van der Waals surface area contributed by atoms with Gasteiger partial charge in [-0.3, -0.25) is 0 Å². The molecule has 1 aliphatic heterocycles. The van der Waals surface area contributed by atoms with E-state index in [9.17, 15) is 0 Å². The molecule has 0 amide bonds. The molecule has 0 saturated carbocycles. The van der Waals surface area contributed by atoms with Gasteiger partial charge in [-0.05, 0) is 17.5 Å². The summed E-state index contributed by atoms with van der Waals surface area (Å²) in [5.41, 5.74) is 9.43. The molecular weight excluding hydrogens is 208 g/mol. The van der Waals surface area contributed by atoms with E-state index < -0.39 is 0 Å². The molecule has 1 heterocycles. The molecule has 2 N–H and O–H groups in total. The van der Waals surface area contributed by atoms with Gasteiger partial charge >= 0.3 is 0 Å². The second-order valence-corrected chi connectivity index (χ2v) is 4.45. The van der Waals surface area contributed by atoms with E-state index in [1.807, 2.05) is 0 Å². The molecule has 86 valence electrons. The maximum Gasteiger partial charge on any atom is 0.0481 e. The minimum absolute atomic E-state index is 0.404. The fourth-order valence-corrected chi connectivity index (χ4v) is 2.36. The third-order valence-electron chi connectivity index (χ3n) is 3.31. The van der Waals surface area contributed by atoms with E-state index in [0.717, 1.165) is 6.42 Å². The molecule has 2 nitrogen and oxygen atoms in total. The topological polar surface area (TPSA) is 24.1 Å². The van der Waals surface area contributed by atoms with E-state index in [2.05, 4.69) is 71.5 Å². The lowest BCUT2D eigenvalue weighted by Gasteiger charge is -2.09. The summed E-state index contributed by atoms with van der Waals surface area (Å²) in [6.07, 6.45) is 1.09. The zero-order valence-corrected chi connectivity index (χ0v) is 9.64. The average Bonchev–Trinajstić information content (AvgIpc) is 2.90. The summed E-state index contributed by atoms with van der Waals surface area (Å²) in [6, 6.07) is 22.0. The third-order valence-corrected chi connectivity index (χ3v) is 3.31. The number of nitrogens with one attached hydrogen (secondary N) is 2. The van der Waals surface area contributed by atoms with Gasteiger partial charge in [0.25, 0.3) is 0 Å². The molecule has 2 aromatic carbocycles. The van der Waals surface area contributed by atoms with E-state index in [4.69, 9.17) is 0 Å². The van der Waals surface area contributed by atoms with Gasteiger partial charge in [-0.25, -0.2) is 10.9 Å². The predicted molar refractivity (Wildman–Crippen MR) is 69.3 cm³/mol. The fourth-order valence-electron chi connectivity index (χ4n) is 2.36. The van der Waals surface area contributed by atoms with Gasteiger partial charge in [0.1, 0.15) is 0 Å². The molecule has 0 aromatic heterocycles. The van der Waals surface area contributed by atoms with Crippen LogP contribution in [0.3, 0.4) is 0 Å². The van der Waals surface area contributed by atoms with Gasteiger partial charge in [-0.15, -0.1) is 0 Å². The van der Waals surface area contributed by atoms with Crippen molar-refractivity contribution in [3.05, 3.63) is 71.8 Å². The SMILES string of the molecule is c1ccc(C2CC(c3ccccc3)NN2)cc1. The van der Waals surface area contributed by atoms with E-state index in [1.165, 1.54) is 11.1 Å². The Kier molecular flexibility index (Phi) is 2.90. The van der Waals surface area contributed by atoms with Crippen LogP contribution in [0.25, 0.3) is 0 Å². The zero-order chi connectivity index (χ0) is 11.5. The highest BCUT2D eigenvalue weighted by atomic mass is 15.4. The summed E-state index contributed by atoms with van der Waals surface area (Å²) in [4.78, 5) is 0. The van der Waals surface area contributed by atoms with Crippen molar-refractivity contribution in [2.24, 2.45) is 0 Å². The molecule has 1 fully saturated rings. The van der Waals surface area contributed by atoms with Crippen LogP contribution in [0.2, 0.25) is 0 Å². The van der Waals surface area contributed by atoms with Crippen molar-refractivity contribution in [2.75, 3.05) is 0 Å². The molecule has 2 aromatic rings. The summed E-state index contributed by atoms with van der Waals surface area (Å²) in [5.74, 6) is 0. The largest absolute Gasteiger partial charge is 0.250 e. The predicted octanol–water partition coefficient (Wildman–Crippen LogP) is 2.97. The lowest BCUT2D eigenvalue weighted by molar-refractivity contribution is 0.555. The highest BCUT2D eigenvalue weighted by Gasteiger charge is 2.25. The second-order valence-electron chi connectivity index (χ2n) is 4.45. The van der Waals surface area contributed by atoms with Crippen molar-refractivity contribution in [2.45, 2.75) is 18.5 Å². The van der Waals surface area contributed by atoms with Gasteiger partial charge in [0.05, 0.1) is 0 Å². The molecule has 1 aliphatic rings. The first-order chi connectivity index (χ1) is 8.43. The maximum atomic E-state index is 3.37.